The Labute approximate surface area is 125 Å². The molecule has 116 valence electrons. The number of hydrogen-bond acceptors (Lipinski definition) is 4. The van der Waals surface area contributed by atoms with E-state index in [4.69, 9.17) is 4.74 Å². The molecule has 1 saturated heterocycles. The monoisotopic (exact) mass is 312 g/mol. The maximum Gasteiger partial charge on any atom is 0.243 e. The summed E-state index contributed by atoms with van der Waals surface area (Å²) in [4.78, 5) is 13.3. The van der Waals surface area contributed by atoms with Crippen LogP contribution in [-0.2, 0) is 14.8 Å². The smallest absolute Gasteiger partial charge is 0.243 e. The van der Waals surface area contributed by atoms with Gasteiger partial charge in [0.1, 0.15) is 5.75 Å². The molecule has 0 radical (unpaired) electrons. The van der Waals surface area contributed by atoms with Crippen LogP contribution in [0.25, 0.3) is 0 Å². The molecule has 1 amide bonds. The van der Waals surface area contributed by atoms with Gasteiger partial charge in [-0.05, 0) is 31.2 Å². The standard InChI is InChI=1S/C14H20N2O4S/c1-11-10-15(12(2)17)8-9-16(11)21(18,19)14-6-4-13(20-3)5-7-14/h4-7,11H,8-10H2,1-3H3. The largest absolute Gasteiger partial charge is 0.497 e. The highest BCUT2D eigenvalue weighted by atomic mass is 32.2. The van der Waals surface area contributed by atoms with Gasteiger partial charge in [-0.1, -0.05) is 0 Å². The molecule has 7 heteroatoms. The van der Waals surface area contributed by atoms with Gasteiger partial charge in [0.15, 0.2) is 0 Å². The van der Waals surface area contributed by atoms with Gasteiger partial charge in [0, 0.05) is 32.6 Å². The SMILES string of the molecule is COc1ccc(S(=O)(=O)N2CCN(C(C)=O)CC2C)cc1. The van der Waals surface area contributed by atoms with Crippen LogP contribution in [0, 0.1) is 0 Å². The van der Waals surface area contributed by atoms with Crippen molar-refractivity contribution in [3.8, 4) is 5.75 Å². The summed E-state index contributed by atoms with van der Waals surface area (Å²) in [5, 5.41) is 0. The third kappa shape index (κ3) is 3.19. The summed E-state index contributed by atoms with van der Waals surface area (Å²) in [6, 6.07) is 6.10. The normalized spacial score (nSPS) is 20.3. The van der Waals surface area contributed by atoms with Gasteiger partial charge >= 0.3 is 0 Å². The Kier molecular flexibility index (Phi) is 4.53. The first kappa shape index (κ1) is 15.8. The van der Waals surface area contributed by atoms with Crippen molar-refractivity contribution < 1.29 is 17.9 Å². The maximum atomic E-state index is 12.7. The number of amides is 1. The Morgan fingerprint density at radius 1 is 1.24 bits per heavy atom. The van der Waals surface area contributed by atoms with Gasteiger partial charge in [-0.3, -0.25) is 4.79 Å². The van der Waals surface area contributed by atoms with Gasteiger partial charge in [0.05, 0.1) is 12.0 Å². The summed E-state index contributed by atoms with van der Waals surface area (Å²) in [5.74, 6) is 0.590. The maximum absolute atomic E-state index is 12.7. The number of methoxy groups -OCH3 is 1. The van der Waals surface area contributed by atoms with Gasteiger partial charge in [0.2, 0.25) is 15.9 Å². The van der Waals surface area contributed by atoms with Crippen LogP contribution < -0.4 is 4.74 Å². The zero-order chi connectivity index (χ0) is 15.6. The Morgan fingerprint density at radius 3 is 2.33 bits per heavy atom. The Morgan fingerprint density at radius 2 is 1.86 bits per heavy atom. The summed E-state index contributed by atoms with van der Waals surface area (Å²) in [6.07, 6.45) is 0. The average Bonchev–Trinajstić information content (AvgIpc) is 2.46. The fourth-order valence-corrected chi connectivity index (χ4v) is 4.08. The van der Waals surface area contributed by atoms with Crippen LogP contribution in [0.4, 0.5) is 0 Å². The molecular formula is C14H20N2O4S. The molecule has 0 spiro atoms. The third-order valence-electron chi connectivity index (χ3n) is 3.68. The van der Waals surface area contributed by atoms with Crippen molar-refractivity contribution in [2.24, 2.45) is 0 Å². The molecule has 0 aliphatic carbocycles. The van der Waals surface area contributed by atoms with Crippen molar-refractivity contribution in [3.05, 3.63) is 24.3 Å². The molecule has 0 bridgehead atoms. The van der Waals surface area contributed by atoms with E-state index in [1.165, 1.54) is 30.5 Å². The lowest BCUT2D eigenvalue weighted by Crippen LogP contribution is -2.54. The minimum Gasteiger partial charge on any atom is -0.497 e. The van der Waals surface area contributed by atoms with Crippen molar-refractivity contribution in [3.63, 3.8) is 0 Å². The van der Waals surface area contributed by atoms with E-state index >= 15 is 0 Å². The summed E-state index contributed by atoms with van der Waals surface area (Å²) in [7, 11) is -2.01. The number of carbonyl (C=O) groups is 1. The number of rotatable bonds is 3. The minimum atomic E-state index is -3.55. The number of ether oxygens (including phenoxy) is 1. The highest BCUT2D eigenvalue weighted by molar-refractivity contribution is 7.89. The molecule has 1 aromatic carbocycles. The molecule has 1 unspecified atom stereocenters. The van der Waals surface area contributed by atoms with E-state index in [0.717, 1.165) is 0 Å². The molecule has 1 fully saturated rings. The topological polar surface area (TPSA) is 66.9 Å². The van der Waals surface area contributed by atoms with Crippen LogP contribution in [0.5, 0.6) is 5.75 Å². The lowest BCUT2D eigenvalue weighted by atomic mass is 10.2. The predicted octanol–water partition coefficient (Wildman–Crippen LogP) is 0.936. The van der Waals surface area contributed by atoms with Gasteiger partial charge < -0.3 is 9.64 Å². The minimum absolute atomic E-state index is 0.0247. The zero-order valence-corrected chi connectivity index (χ0v) is 13.3. The van der Waals surface area contributed by atoms with E-state index < -0.39 is 10.0 Å². The molecule has 2 rings (SSSR count). The summed E-state index contributed by atoms with van der Waals surface area (Å²) in [5.41, 5.74) is 0. The fraction of sp³-hybridized carbons (Fsp3) is 0.500. The highest BCUT2D eigenvalue weighted by Gasteiger charge is 2.34. The van der Waals surface area contributed by atoms with Crippen molar-refractivity contribution in [1.29, 1.82) is 0 Å². The van der Waals surface area contributed by atoms with Crippen LogP contribution >= 0.6 is 0 Å². The van der Waals surface area contributed by atoms with Crippen LogP contribution in [0.2, 0.25) is 0 Å². The first-order valence-corrected chi connectivity index (χ1v) is 8.21. The van der Waals surface area contributed by atoms with Crippen LogP contribution in [0.1, 0.15) is 13.8 Å². The Bertz CT molecular complexity index is 612. The van der Waals surface area contributed by atoms with Crippen molar-refractivity contribution in [2.75, 3.05) is 26.7 Å². The second-order valence-corrected chi connectivity index (χ2v) is 7.00. The van der Waals surface area contributed by atoms with Crippen molar-refractivity contribution in [2.45, 2.75) is 24.8 Å². The number of sulfonamides is 1. The second kappa shape index (κ2) is 6.03. The van der Waals surface area contributed by atoms with E-state index in [9.17, 15) is 13.2 Å². The molecule has 1 aromatic rings. The van der Waals surface area contributed by atoms with Crippen molar-refractivity contribution in [1.82, 2.24) is 9.21 Å². The molecule has 1 heterocycles. The molecular weight excluding hydrogens is 292 g/mol. The van der Waals surface area contributed by atoms with Gasteiger partial charge in [-0.2, -0.15) is 4.31 Å². The van der Waals surface area contributed by atoms with Gasteiger partial charge in [-0.25, -0.2) is 8.42 Å². The van der Waals surface area contributed by atoms with Crippen LogP contribution in [0.15, 0.2) is 29.2 Å². The summed E-state index contributed by atoms with van der Waals surface area (Å²) >= 11 is 0. The number of carbonyl (C=O) groups excluding carboxylic acids is 1. The average molecular weight is 312 g/mol. The molecule has 1 aliphatic heterocycles. The molecule has 0 N–H and O–H groups in total. The first-order chi connectivity index (χ1) is 9.86. The van der Waals surface area contributed by atoms with E-state index in [1.807, 2.05) is 6.92 Å². The Balaban J connectivity index is 2.21. The molecule has 0 aromatic heterocycles. The summed E-state index contributed by atoms with van der Waals surface area (Å²) < 4.78 is 31.8. The van der Waals surface area contributed by atoms with Crippen LogP contribution in [-0.4, -0.2) is 56.3 Å². The highest BCUT2D eigenvalue weighted by Crippen LogP contribution is 2.23. The predicted molar refractivity (Wildman–Crippen MR) is 78.6 cm³/mol. The molecule has 0 saturated carbocycles. The molecule has 21 heavy (non-hydrogen) atoms. The quantitative estimate of drug-likeness (QED) is 0.833. The van der Waals surface area contributed by atoms with E-state index in [2.05, 4.69) is 0 Å². The van der Waals surface area contributed by atoms with Crippen LogP contribution in [0.3, 0.4) is 0 Å². The fourth-order valence-electron chi connectivity index (χ4n) is 2.47. The molecule has 1 atom stereocenters. The Hall–Kier alpha value is -1.60. The second-order valence-electron chi connectivity index (χ2n) is 5.11. The third-order valence-corrected chi connectivity index (χ3v) is 5.71. The zero-order valence-electron chi connectivity index (χ0n) is 12.4. The van der Waals surface area contributed by atoms with E-state index in [-0.39, 0.29) is 16.8 Å². The van der Waals surface area contributed by atoms with Crippen molar-refractivity contribution >= 4 is 15.9 Å². The lowest BCUT2D eigenvalue weighted by Gasteiger charge is -2.38. The number of benzene rings is 1. The van der Waals surface area contributed by atoms with Gasteiger partial charge in [-0.15, -0.1) is 0 Å². The van der Waals surface area contributed by atoms with E-state index in [0.29, 0.717) is 25.4 Å². The van der Waals surface area contributed by atoms with E-state index in [1.54, 1.807) is 17.0 Å². The number of piperazine rings is 1. The van der Waals surface area contributed by atoms with Gasteiger partial charge in [0.25, 0.3) is 0 Å². The summed E-state index contributed by atoms with van der Waals surface area (Å²) in [6.45, 7) is 4.48. The number of nitrogens with zero attached hydrogens (tertiary/aromatic N) is 2. The lowest BCUT2D eigenvalue weighted by molar-refractivity contribution is -0.130. The first-order valence-electron chi connectivity index (χ1n) is 6.77. The molecule has 1 aliphatic rings. The number of hydrogen-bond donors (Lipinski definition) is 0. The molecule has 6 nitrogen and oxygen atoms in total.